The zero-order chi connectivity index (χ0) is 20.8. The van der Waals surface area contributed by atoms with Crippen LogP contribution in [0.5, 0.6) is 0 Å². The van der Waals surface area contributed by atoms with Gasteiger partial charge in [0.25, 0.3) is 5.91 Å². The summed E-state index contributed by atoms with van der Waals surface area (Å²) >= 11 is 1.58. The van der Waals surface area contributed by atoms with Crippen molar-refractivity contribution in [3.8, 4) is 11.1 Å². The van der Waals surface area contributed by atoms with E-state index in [1.165, 1.54) is 0 Å². The second-order valence-corrected chi connectivity index (χ2v) is 9.01. The number of carbonyl (C=O) groups excluding carboxylic acids is 1. The summed E-state index contributed by atoms with van der Waals surface area (Å²) in [4.78, 5) is 20.5. The van der Waals surface area contributed by atoms with Crippen LogP contribution in [0.3, 0.4) is 0 Å². The van der Waals surface area contributed by atoms with Crippen LogP contribution in [-0.2, 0) is 11.8 Å². The monoisotopic (exact) mass is 420 g/mol. The van der Waals surface area contributed by atoms with Gasteiger partial charge in [-0.05, 0) is 48.4 Å². The summed E-state index contributed by atoms with van der Waals surface area (Å²) in [5, 5.41) is 6.51. The summed E-state index contributed by atoms with van der Waals surface area (Å²) in [5.41, 5.74) is 3.96. The van der Waals surface area contributed by atoms with E-state index in [1.54, 1.807) is 23.1 Å². The van der Waals surface area contributed by atoms with Crippen molar-refractivity contribution in [1.82, 2.24) is 19.7 Å². The third-order valence-electron chi connectivity index (χ3n) is 5.94. The first-order valence-electron chi connectivity index (χ1n) is 10.2. The van der Waals surface area contributed by atoms with Gasteiger partial charge in [-0.2, -0.15) is 5.10 Å². The molecular formula is C23H24N4O2S. The minimum absolute atomic E-state index is 0.121. The third kappa shape index (κ3) is 3.28. The summed E-state index contributed by atoms with van der Waals surface area (Å²) in [6.07, 6.45) is 5.98. The van der Waals surface area contributed by atoms with Gasteiger partial charge >= 0.3 is 0 Å². The Bertz CT molecular complexity index is 1260. The van der Waals surface area contributed by atoms with Gasteiger partial charge in [0, 0.05) is 55.3 Å². The smallest absolute Gasteiger partial charge is 0.264 e. The number of rotatable bonds is 3. The third-order valence-corrected chi connectivity index (χ3v) is 7.18. The maximum Gasteiger partial charge on any atom is 0.264 e. The number of piperidine rings is 1. The number of methoxy groups -OCH3 is 1. The molecule has 5 rings (SSSR count). The Morgan fingerprint density at radius 2 is 2.13 bits per heavy atom. The molecule has 1 atom stereocenters. The van der Waals surface area contributed by atoms with E-state index in [9.17, 15) is 4.79 Å². The van der Waals surface area contributed by atoms with Crippen molar-refractivity contribution in [2.24, 2.45) is 7.05 Å². The molecule has 4 aromatic rings. The molecule has 3 aromatic heterocycles. The van der Waals surface area contributed by atoms with Crippen LogP contribution in [0, 0.1) is 6.92 Å². The zero-order valence-electron chi connectivity index (χ0n) is 17.4. The highest BCUT2D eigenvalue weighted by Gasteiger charge is 2.27. The Morgan fingerprint density at radius 1 is 1.27 bits per heavy atom. The fourth-order valence-corrected chi connectivity index (χ4v) is 5.47. The number of likely N-dealkylation sites (tertiary alicyclic amines) is 1. The Morgan fingerprint density at radius 3 is 2.97 bits per heavy atom. The Labute approximate surface area is 179 Å². The molecule has 6 nitrogen and oxygen atoms in total. The van der Waals surface area contributed by atoms with Crippen LogP contribution in [0.4, 0.5) is 0 Å². The fraction of sp³-hybridized carbons (Fsp3) is 0.348. The molecule has 1 unspecified atom stereocenters. The van der Waals surface area contributed by atoms with E-state index in [1.807, 2.05) is 31.3 Å². The molecule has 1 aliphatic rings. The van der Waals surface area contributed by atoms with Gasteiger partial charge in [0.2, 0.25) is 0 Å². The van der Waals surface area contributed by atoms with E-state index < -0.39 is 0 Å². The fourth-order valence-electron chi connectivity index (χ4n) is 4.26. The van der Waals surface area contributed by atoms with Crippen molar-refractivity contribution < 1.29 is 9.53 Å². The van der Waals surface area contributed by atoms with Crippen molar-refractivity contribution >= 4 is 38.4 Å². The number of aryl methyl sites for hydroxylation is 2. The summed E-state index contributed by atoms with van der Waals surface area (Å²) in [6, 6.07) is 8.51. The summed E-state index contributed by atoms with van der Waals surface area (Å²) in [7, 11) is 3.63. The van der Waals surface area contributed by atoms with Gasteiger partial charge in [0.15, 0.2) is 5.65 Å². The summed E-state index contributed by atoms with van der Waals surface area (Å²) < 4.78 is 8.39. The molecule has 1 aliphatic heterocycles. The number of ether oxygens (including phenoxy) is 1. The van der Waals surface area contributed by atoms with Crippen LogP contribution in [0.25, 0.3) is 32.2 Å². The first-order valence-corrected chi connectivity index (χ1v) is 11.0. The van der Waals surface area contributed by atoms with Gasteiger partial charge in [-0.1, -0.05) is 12.1 Å². The van der Waals surface area contributed by atoms with E-state index in [0.29, 0.717) is 6.54 Å². The number of amides is 1. The minimum Gasteiger partial charge on any atom is -0.380 e. The lowest BCUT2D eigenvalue weighted by atomic mass is 10.0. The van der Waals surface area contributed by atoms with Crippen LogP contribution in [0.15, 0.2) is 36.7 Å². The quantitative estimate of drug-likeness (QED) is 0.493. The molecule has 0 saturated carbocycles. The highest BCUT2D eigenvalue weighted by molar-refractivity contribution is 7.21. The topological polar surface area (TPSA) is 60.2 Å². The largest absolute Gasteiger partial charge is 0.380 e. The molecule has 1 fully saturated rings. The van der Waals surface area contributed by atoms with Crippen LogP contribution >= 0.6 is 11.3 Å². The summed E-state index contributed by atoms with van der Waals surface area (Å²) in [6.45, 7) is 3.52. The Hall–Kier alpha value is -2.77. The first kappa shape index (κ1) is 19.2. The molecule has 0 bridgehead atoms. The number of hydrogen-bond acceptors (Lipinski definition) is 5. The number of fused-ring (bicyclic) bond motifs is 2. The molecule has 1 saturated heterocycles. The number of benzene rings is 1. The number of carbonyl (C=O) groups is 1. The number of aromatic nitrogens is 3. The van der Waals surface area contributed by atoms with Crippen molar-refractivity contribution in [2.45, 2.75) is 25.9 Å². The van der Waals surface area contributed by atoms with Crippen LogP contribution in [-0.4, -0.2) is 51.9 Å². The highest BCUT2D eigenvalue weighted by Crippen LogP contribution is 2.35. The minimum atomic E-state index is 0.121. The zero-order valence-corrected chi connectivity index (χ0v) is 18.2. The van der Waals surface area contributed by atoms with E-state index in [2.05, 4.69) is 34.3 Å². The molecule has 0 N–H and O–H groups in total. The predicted octanol–water partition coefficient (Wildman–Crippen LogP) is 4.41. The Kier molecular flexibility index (Phi) is 4.79. The molecule has 30 heavy (non-hydrogen) atoms. The molecule has 154 valence electrons. The first-order chi connectivity index (χ1) is 14.5. The maximum atomic E-state index is 13.2. The predicted molar refractivity (Wildman–Crippen MR) is 120 cm³/mol. The molecule has 1 amide bonds. The molecular weight excluding hydrogens is 396 g/mol. The standard InChI is InChI=1S/C23H24N4O2S/c1-14-19-7-6-15(16-9-17-12-26(2)25-22(17)24-11-16)10-20(19)30-21(14)23(28)27-8-4-5-18(13-27)29-3/h6-7,9-12,18H,4-5,8,13H2,1-3H3. The number of thiophene rings is 1. The summed E-state index contributed by atoms with van der Waals surface area (Å²) in [5.74, 6) is 0.121. The van der Waals surface area contributed by atoms with Crippen molar-refractivity contribution in [2.75, 3.05) is 20.2 Å². The van der Waals surface area contributed by atoms with Crippen LogP contribution < -0.4 is 0 Å². The normalized spacial score (nSPS) is 17.2. The Balaban J connectivity index is 1.50. The second kappa shape index (κ2) is 7.49. The molecule has 7 heteroatoms. The maximum absolute atomic E-state index is 13.2. The van der Waals surface area contributed by atoms with Crippen LogP contribution in [0.2, 0.25) is 0 Å². The molecule has 4 heterocycles. The van der Waals surface area contributed by atoms with E-state index in [4.69, 9.17) is 4.74 Å². The molecule has 0 radical (unpaired) electrons. The molecule has 1 aromatic carbocycles. The van der Waals surface area contributed by atoms with Crippen molar-refractivity contribution in [1.29, 1.82) is 0 Å². The highest BCUT2D eigenvalue weighted by atomic mass is 32.1. The number of nitrogens with zero attached hydrogens (tertiary/aromatic N) is 4. The molecule has 0 aliphatic carbocycles. The SMILES string of the molecule is COC1CCCN(C(=O)c2sc3cc(-c4cnc5nn(C)cc5c4)ccc3c2C)C1. The average Bonchev–Trinajstić information content (AvgIpc) is 3.31. The number of pyridine rings is 1. The van der Waals surface area contributed by atoms with E-state index >= 15 is 0 Å². The lowest BCUT2D eigenvalue weighted by molar-refractivity contribution is 0.0271. The van der Waals surface area contributed by atoms with Gasteiger partial charge in [-0.25, -0.2) is 4.98 Å². The second-order valence-electron chi connectivity index (χ2n) is 7.96. The lowest BCUT2D eigenvalue weighted by Gasteiger charge is -2.31. The van der Waals surface area contributed by atoms with Crippen molar-refractivity contribution in [3.63, 3.8) is 0 Å². The van der Waals surface area contributed by atoms with Crippen LogP contribution in [0.1, 0.15) is 28.1 Å². The number of hydrogen-bond donors (Lipinski definition) is 0. The van der Waals surface area contributed by atoms with Gasteiger partial charge < -0.3 is 9.64 Å². The van der Waals surface area contributed by atoms with Gasteiger partial charge in [-0.3, -0.25) is 9.48 Å². The lowest BCUT2D eigenvalue weighted by Crippen LogP contribution is -2.42. The average molecular weight is 421 g/mol. The van der Waals surface area contributed by atoms with E-state index in [-0.39, 0.29) is 12.0 Å². The van der Waals surface area contributed by atoms with Gasteiger partial charge in [0.1, 0.15) is 0 Å². The van der Waals surface area contributed by atoms with E-state index in [0.717, 1.165) is 62.1 Å². The van der Waals surface area contributed by atoms with Gasteiger partial charge in [-0.15, -0.1) is 11.3 Å². The van der Waals surface area contributed by atoms with Gasteiger partial charge in [0.05, 0.1) is 11.0 Å². The molecule has 0 spiro atoms. The van der Waals surface area contributed by atoms with Crippen molar-refractivity contribution in [3.05, 3.63) is 47.1 Å².